The number of halogens is 2. The SMILES string of the molecule is COc1ccc(/C(O)=C2\C(=O)C(=O)N(c3ccc(F)cc3F)C2c2ccncc2)cc1OC. The average Bonchev–Trinajstić information content (AvgIpc) is 3.09. The van der Waals surface area contributed by atoms with E-state index in [1.54, 1.807) is 0 Å². The summed E-state index contributed by atoms with van der Waals surface area (Å²) in [5.74, 6) is -3.74. The molecule has 1 amide bonds. The fourth-order valence-electron chi connectivity index (χ4n) is 3.76. The highest BCUT2D eigenvalue weighted by molar-refractivity contribution is 6.51. The molecule has 168 valence electrons. The minimum Gasteiger partial charge on any atom is -0.507 e. The molecule has 1 aromatic heterocycles. The maximum Gasteiger partial charge on any atom is 0.300 e. The van der Waals surface area contributed by atoms with Crippen LogP contribution in [0.3, 0.4) is 0 Å². The molecule has 2 aromatic carbocycles. The van der Waals surface area contributed by atoms with Gasteiger partial charge in [-0.3, -0.25) is 19.5 Å². The molecule has 3 aromatic rings. The summed E-state index contributed by atoms with van der Waals surface area (Å²) in [6.07, 6.45) is 2.87. The summed E-state index contributed by atoms with van der Waals surface area (Å²) < 4.78 is 38.6. The molecule has 2 heterocycles. The number of rotatable bonds is 5. The lowest BCUT2D eigenvalue weighted by molar-refractivity contribution is -0.132. The van der Waals surface area contributed by atoms with Gasteiger partial charge in [0.05, 0.1) is 31.5 Å². The van der Waals surface area contributed by atoms with Gasteiger partial charge in [0.15, 0.2) is 11.5 Å². The van der Waals surface area contributed by atoms with Crippen molar-refractivity contribution in [1.82, 2.24) is 4.98 Å². The van der Waals surface area contributed by atoms with Crippen LogP contribution in [-0.4, -0.2) is 36.0 Å². The van der Waals surface area contributed by atoms with E-state index in [-0.39, 0.29) is 16.8 Å². The second kappa shape index (κ2) is 8.70. The molecular formula is C24H18F2N2O5. The van der Waals surface area contributed by atoms with Crippen molar-refractivity contribution < 1.29 is 33.0 Å². The summed E-state index contributed by atoms with van der Waals surface area (Å²) in [7, 11) is 2.86. The third-order valence-corrected chi connectivity index (χ3v) is 5.29. The summed E-state index contributed by atoms with van der Waals surface area (Å²) >= 11 is 0. The van der Waals surface area contributed by atoms with E-state index >= 15 is 0 Å². The number of aliphatic hydroxyl groups is 1. The summed E-state index contributed by atoms with van der Waals surface area (Å²) in [4.78, 5) is 30.9. The third kappa shape index (κ3) is 3.78. The molecule has 0 spiro atoms. The van der Waals surface area contributed by atoms with Crippen LogP contribution >= 0.6 is 0 Å². The summed E-state index contributed by atoms with van der Waals surface area (Å²) in [6, 6.07) is 9.03. The van der Waals surface area contributed by atoms with Crippen LogP contribution in [0, 0.1) is 11.6 Å². The molecule has 0 saturated carbocycles. The van der Waals surface area contributed by atoms with Crippen molar-refractivity contribution in [1.29, 1.82) is 0 Å². The number of hydrogen-bond donors (Lipinski definition) is 1. The molecule has 1 fully saturated rings. The number of amides is 1. The van der Waals surface area contributed by atoms with E-state index in [1.165, 1.54) is 56.9 Å². The summed E-state index contributed by atoms with van der Waals surface area (Å²) in [6.45, 7) is 0. The number of benzene rings is 2. The molecule has 4 rings (SSSR count). The average molecular weight is 452 g/mol. The molecule has 1 N–H and O–H groups in total. The Balaban J connectivity index is 1.95. The first-order chi connectivity index (χ1) is 15.9. The predicted octanol–water partition coefficient (Wildman–Crippen LogP) is 4.00. The van der Waals surface area contributed by atoms with Crippen LogP contribution in [-0.2, 0) is 9.59 Å². The van der Waals surface area contributed by atoms with Crippen molar-refractivity contribution in [2.45, 2.75) is 6.04 Å². The number of ether oxygens (including phenoxy) is 2. The van der Waals surface area contributed by atoms with Gasteiger partial charge in [0.2, 0.25) is 0 Å². The Bertz CT molecular complexity index is 1280. The third-order valence-electron chi connectivity index (χ3n) is 5.29. The Kier molecular flexibility index (Phi) is 5.78. The van der Waals surface area contributed by atoms with E-state index < -0.39 is 35.1 Å². The van der Waals surface area contributed by atoms with Crippen LogP contribution in [0.2, 0.25) is 0 Å². The maximum absolute atomic E-state index is 14.7. The number of nitrogens with zero attached hydrogens (tertiary/aromatic N) is 2. The van der Waals surface area contributed by atoms with Crippen LogP contribution < -0.4 is 14.4 Å². The lowest BCUT2D eigenvalue weighted by Gasteiger charge is -2.25. The van der Waals surface area contributed by atoms with E-state index in [0.29, 0.717) is 23.1 Å². The van der Waals surface area contributed by atoms with Gasteiger partial charge in [0.25, 0.3) is 11.7 Å². The van der Waals surface area contributed by atoms with Gasteiger partial charge in [-0.25, -0.2) is 8.78 Å². The molecule has 0 bridgehead atoms. The van der Waals surface area contributed by atoms with Gasteiger partial charge in [0, 0.05) is 24.0 Å². The van der Waals surface area contributed by atoms with Gasteiger partial charge in [-0.15, -0.1) is 0 Å². The molecule has 1 aliphatic rings. The lowest BCUT2D eigenvalue weighted by atomic mass is 9.95. The van der Waals surface area contributed by atoms with Crippen LogP contribution in [0.15, 0.2) is 66.5 Å². The molecular weight excluding hydrogens is 434 g/mol. The number of Topliss-reactive ketones (excluding diaryl/α,β-unsaturated/α-hetero) is 1. The van der Waals surface area contributed by atoms with Crippen molar-refractivity contribution in [2.24, 2.45) is 0 Å². The molecule has 9 heteroatoms. The highest BCUT2D eigenvalue weighted by Crippen LogP contribution is 2.43. The highest BCUT2D eigenvalue weighted by Gasteiger charge is 2.47. The van der Waals surface area contributed by atoms with Crippen molar-refractivity contribution in [3.05, 3.63) is 89.3 Å². The largest absolute Gasteiger partial charge is 0.507 e. The predicted molar refractivity (Wildman–Crippen MR) is 115 cm³/mol. The van der Waals surface area contributed by atoms with Gasteiger partial charge in [-0.1, -0.05) is 0 Å². The van der Waals surface area contributed by atoms with E-state index in [9.17, 15) is 23.5 Å². The first-order valence-corrected chi connectivity index (χ1v) is 9.75. The van der Waals surface area contributed by atoms with Crippen molar-refractivity contribution >= 4 is 23.1 Å². The zero-order valence-electron chi connectivity index (χ0n) is 17.6. The van der Waals surface area contributed by atoms with Gasteiger partial charge in [-0.05, 0) is 48.0 Å². The van der Waals surface area contributed by atoms with Crippen LogP contribution in [0.25, 0.3) is 5.76 Å². The van der Waals surface area contributed by atoms with Gasteiger partial charge < -0.3 is 14.6 Å². The number of aliphatic hydroxyl groups excluding tert-OH is 1. The number of pyridine rings is 1. The number of methoxy groups -OCH3 is 2. The number of carbonyl (C=O) groups excluding carboxylic acids is 2. The fraction of sp³-hybridized carbons (Fsp3) is 0.125. The van der Waals surface area contributed by atoms with E-state index in [1.807, 2.05) is 0 Å². The fourth-order valence-corrected chi connectivity index (χ4v) is 3.76. The second-order valence-electron chi connectivity index (χ2n) is 7.12. The second-order valence-corrected chi connectivity index (χ2v) is 7.12. The number of hydrogen-bond acceptors (Lipinski definition) is 6. The Hall–Kier alpha value is -4.27. The highest BCUT2D eigenvalue weighted by atomic mass is 19.1. The molecule has 0 aliphatic carbocycles. The minimum atomic E-state index is -1.18. The Morgan fingerprint density at radius 3 is 2.30 bits per heavy atom. The number of ketones is 1. The van der Waals surface area contributed by atoms with Gasteiger partial charge in [0.1, 0.15) is 17.4 Å². The molecule has 1 unspecified atom stereocenters. The molecule has 1 aliphatic heterocycles. The maximum atomic E-state index is 14.7. The Morgan fingerprint density at radius 1 is 0.970 bits per heavy atom. The zero-order valence-corrected chi connectivity index (χ0v) is 17.6. The van der Waals surface area contributed by atoms with Crippen molar-refractivity contribution in [2.75, 3.05) is 19.1 Å². The first-order valence-electron chi connectivity index (χ1n) is 9.75. The van der Waals surface area contributed by atoms with Crippen LogP contribution in [0.4, 0.5) is 14.5 Å². The molecule has 7 nitrogen and oxygen atoms in total. The smallest absolute Gasteiger partial charge is 0.300 e. The topological polar surface area (TPSA) is 89.0 Å². The normalized spacial score (nSPS) is 17.3. The Labute approximate surface area is 187 Å². The van der Waals surface area contributed by atoms with Crippen molar-refractivity contribution in [3.63, 3.8) is 0 Å². The molecule has 1 saturated heterocycles. The van der Waals surface area contributed by atoms with Crippen molar-refractivity contribution in [3.8, 4) is 11.5 Å². The Morgan fingerprint density at radius 2 is 1.67 bits per heavy atom. The van der Waals surface area contributed by atoms with Gasteiger partial charge >= 0.3 is 0 Å². The minimum absolute atomic E-state index is 0.185. The lowest BCUT2D eigenvalue weighted by Crippen LogP contribution is -2.30. The van der Waals surface area contributed by atoms with Gasteiger partial charge in [-0.2, -0.15) is 0 Å². The quantitative estimate of drug-likeness (QED) is 0.358. The number of anilines is 1. The van der Waals surface area contributed by atoms with E-state index in [4.69, 9.17) is 9.47 Å². The summed E-state index contributed by atoms with van der Waals surface area (Å²) in [5.41, 5.74) is 0.0213. The van der Waals surface area contributed by atoms with Crippen LogP contribution in [0.5, 0.6) is 11.5 Å². The van der Waals surface area contributed by atoms with Crippen LogP contribution in [0.1, 0.15) is 17.2 Å². The monoisotopic (exact) mass is 452 g/mol. The molecule has 0 radical (unpaired) electrons. The molecule has 1 atom stereocenters. The summed E-state index contributed by atoms with van der Waals surface area (Å²) in [5, 5.41) is 11.1. The standard InChI is InChI=1S/C24H18F2N2O5/c1-32-18-6-3-14(11-19(18)33-2)22(29)20-21(13-7-9-27-10-8-13)28(24(31)23(20)30)17-5-4-15(25)12-16(17)26/h3-12,21,29H,1-2H3/b22-20+. The molecule has 33 heavy (non-hydrogen) atoms. The number of aromatic nitrogens is 1. The van der Waals surface area contributed by atoms with E-state index in [0.717, 1.165) is 17.0 Å². The zero-order chi connectivity index (χ0) is 23.7. The first kappa shape index (κ1) is 21.9. The van der Waals surface area contributed by atoms with E-state index in [2.05, 4.69) is 4.98 Å². The number of carbonyl (C=O) groups is 2.